The zero-order chi connectivity index (χ0) is 42.4. The molecule has 1 aromatic heterocycles. The number of benzene rings is 11. The molecule has 11 aromatic carbocycles. The second kappa shape index (κ2) is 16.0. The van der Waals surface area contributed by atoms with Gasteiger partial charge in [-0.2, -0.15) is 0 Å². The smallest absolute Gasteiger partial charge is 0.0462 e. The van der Waals surface area contributed by atoms with Crippen molar-refractivity contribution < 1.29 is 0 Å². The molecule has 1 heterocycles. The van der Waals surface area contributed by atoms with Gasteiger partial charge in [-0.1, -0.05) is 194 Å². The molecule has 0 N–H and O–H groups in total. The van der Waals surface area contributed by atoms with Crippen molar-refractivity contribution in [3.05, 3.63) is 249 Å². The van der Waals surface area contributed by atoms with Crippen LogP contribution in [0.1, 0.15) is 0 Å². The van der Waals surface area contributed by atoms with Crippen LogP contribution >= 0.6 is 11.3 Å². The van der Waals surface area contributed by atoms with Crippen LogP contribution in [0.3, 0.4) is 0 Å². The van der Waals surface area contributed by atoms with Crippen molar-refractivity contribution in [1.82, 2.24) is 0 Å². The molecule has 2 heteroatoms. The van der Waals surface area contributed by atoms with Gasteiger partial charge in [0.25, 0.3) is 0 Å². The van der Waals surface area contributed by atoms with Gasteiger partial charge in [-0.15, -0.1) is 11.3 Å². The molecule has 1 nitrogen and oxygen atoms in total. The first kappa shape index (κ1) is 37.7. The van der Waals surface area contributed by atoms with Gasteiger partial charge in [-0.25, -0.2) is 0 Å². The minimum atomic E-state index is 1.10. The molecule has 300 valence electrons. The van der Waals surface area contributed by atoms with Crippen molar-refractivity contribution in [2.24, 2.45) is 0 Å². The quantitative estimate of drug-likeness (QED) is 0.138. The summed E-state index contributed by atoms with van der Waals surface area (Å²) >= 11 is 1.84. The molecular formula is C62H41NS. The van der Waals surface area contributed by atoms with Gasteiger partial charge in [0.2, 0.25) is 0 Å². The van der Waals surface area contributed by atoms with Crippen molar-refractivity contribution in [2.45, 2.75) is 0 Å². The van der Waals surface area contributed by atoms with E-state index in [0.29, 0.717) is 0 Å². The highest BCUT2D eigenvalue weighted by atomic mass is 32.1. The third-order valence-electron chi connectivity index (χ3n) is 12.7. The average Bonchev–Trinajstić information content (AvgIpc) is 3.82. The van der Waals surface area contributed by atoms with E-state index in [2.05, 4.69) is 254 Å². The summed E-state index contributed by atoms with van der Waals surface area (Å²) in [5.41, 5.74) is 14.2. The third kappa shape index (κ3) is 6.91. The van der Waals surface area contributed by atoms with Crippen LogP contribution in [0.25, 0.3) is 97.4 Å². The van der Waals surface area contributed by atoms with Crippen molar-refractivity contribution in [1.29, 1.82) is 0 Å². The number of hydrogen-bond donors (Lipinski definition) is 0. The molecule has 12 aromatic rings. The molecule has 0 fully saturated rings. The van der Waals surface area contributed by atoms with Crippen LogP contribution in [-0.4, -0.2) is 0 Å². The SMILES string of the molecule is c1ccc(-c2ccc(-c3ccc(N(c4ccc(-c5ccc(-c6ccc7c8ccccc8c8ccccc8c7c6)cc5)cc4)c4ccc(-c5cc6ccccc6s5)cc4)cc3)cc2)cc1. The molecule has 0 aliphatic rings. The predicted molar refractivity (Wildman–Crippen MR) is 276 cm³/mol. The summed E-state index contributed by atoms with van der Waals surface area (Å²) in [6, 6.07) is 90.8. The lowest BCUT2D eigenvalue weighted by molar-refractivity contribution is 1.28. The largest absolute Gasteiger partial charge is 0.311 e. The fraction of sp³-hybridized carbons (Fsp3) is 0. The summed E-state index contributed by atoms with van der Waals surface area (Å²) in [5.74, 6) is 0. The van der Waals surface area contributed by atoms with Crippen LogP contribution in [0, 0.1) is 0 Å². The second-order valence-corrected chi connectivity index (χ2v) is 17.6. The lowest BCUT2D eigenvalue weighted by atomic mass is 9.92. The number of anilines is 3. The van der Waals surface area contributed by atoms with Crippen LogP contribution in [0.15, 0.2) is 249 Å². The monoisotopic (exact) mass is 831 g/mol. The van der Waals surface area contributed by atoms with Crippen LogP contribution in [0.5, 0.6) is 0 Å². The van der Waals surface area contributed by atoms with Gasteiger partial charge in [0.1, 0.15) is 0 Å². The number of hydrogen-bond acceptors (Lipinski definition) is 2. The average molecular weight is 832 g/mol. The summed E-state index contributed by atoms with van der Waals surface area (Å²) in [4.78, 5) is 3.64. The van der Waals surface area contributed by atoms with Crippen molar-refractivity contribution >= 4 is 70.8 Å². The predicted octanol–water partition coefficient (Wildman–Crippen LogP) is 18.2. The van der Waals surface area contributed by atoms with E-state index >= 15 is 0 Å². The van der Waals surface area contributed by atoms with Crippen LogP contribution in [0.4, 0.5) is 17.1 Å². The molecule has 0 aliphatic carbocycles. The Kier molecular flexibility index (Phi) is 9.43. The van der Waals surface area contributed by atoms with Gasteiger partial charge >= 0.3 is 0 Å². The summed E-state index contributed by atoms with van der Waals surface area (Å²) in [6.45, 7) is 0. The topological polar surface area (TPSA) is 3.24 Å². The summed E-state index contributed by atoms with van der Waals surface area (Å²) < 4.78 is 1.31. The lowest BCUT2D eigenvalue weighted by Crippen LogP contribution is -2.09. The molecule has 12 rings (SSSR count). The molecular weight excluding hydrogens is 791 g/mol. The van der Waals surface area contributed by atoms with Gasteiger partial charge in [0, 0.05) is 26.6 Å². The Labute approximate surface area is 377 Å². The molecule has 0 saturated carbocycles. The Morgan fingerprint density at radius 3 is 1.06 bits per heavy atom. The highest BCUT2D eigenvalue weighted by Gasteiger charge is 2.15. The Morgan fingerprint density at radius 2 is 0.578 bits per heavy atom. The Hall–Kier alpha value is -8.04. The first-order valence-corrected chi connectivity index (χ1v) is 22.7. The summed E-state index contributed by atoms with van der Waals surface area (Å²) in [6.07, 6.45) is 0. The molecule has 0 unspecified atom stereocenters. The van der Waals surface area contributed by atoms with E-state index in [0.717, 1.165) is 17.1 Å². The Balaban J connectivity index is 0.857. The van der Waals surface area contributed by atoms with E-state index in [1.807, 2.05) is 11.3 Å². The maximum Gasteiger partial charge on any atom is 0.0462 e. The highest BCUT2D eigenvalue weighted by Crippen LogP contribution is 2.41. The van der Waals surface area contributed by atoms with E-state index in [4.69, 9.17) is 0 Å². The maximum atomic E-state index is 2.37. The van der Waals surface area contributed by atoms with E-state index in [9.17, 15) is 0 Å². The molecule has 64 heavy (non-hydrogen) atoms. The zero-order valence-electron chi connectivity index (χ0n) is 35.0. The van der Waals surface area contributed by atoms with Gasteiger partial charge in [-0.3, -0.25) is 0 Å². The first-order valence-electron chi connectivity index (χ1n) is 21.9. The fourth-order valence-corrected chi connectivity index (χ4v) is 10.4. The Morgan fingerprint density at radius 1 is 0.234 bits per heavy atom. The van der Waals surface area contributed by atoms with E-state index in [1.165, 1.54) is 97.4 Å². The van der Waals surface area contributed by atoms with E-state index in [1.54, 1.807) is 0 Å². The number of nitrogens with zero attached hydrogens (tertiary/aromatic N) is 1. The van der Waals surface area contributed by atoms with Gasteiger partial charge in [0.05, 0.1) is 0 Å². The number of fused-ring (bicyclic) bond motifs is 7. The van der Waals surface area contributed by atoms with Crippen molar-refractivity contribution in [3.8, 4) is 54.9 Å². The minimum Gasteiger partial charge on any atom is -0.311 e. The van der Waals surface area contributed by atoms with Gasteiger partial charge < -0.3 is 4.90 Å². The highest BCUT2D eigenvalue weighted by molar-refractivity contribution is 7.22. The molecule has 0 bridgehead atoms. The number of thiophene rings is 1. The standard InChI is InChI=1S/C62H41NS/c1-2-10-42(11-3-1)43-18-20-44(21-19-43)46-26-33-52(34-27-46)63(54-37-30-49(31-38-54)62-41-51-12-4-9-17-61(51)64-62)53-35-28-47(29-36-53)45-22-24-48(25-23-45)50-32-39-59-57-15-6-5-13-55(57)56-14-7-8-16-58(56)60(59)40-50/h1-41H. The molecule has 0 saturated heterocycles. The van der Waals surface area contributed by atoms with Gasteiger partial charge in [-0.05, 0) is 142 Å². The lowest BCUT2D eigenvalue weighted by Gasteiger charge is -2.26. The molecule has 0 amide bonds. The fourth-order valence-electron chi connectivity index (χ4n) is 9.38. The summed E-state index contributed by atoms with van der Waals surface area (Å²) in [5, 5.41) is 9.06. The normalized spacial score (nSPS) is 11.4. The molecule has 0 aliphatic heterocycles. The minimum absolute atomic E-state index is 1.10. The molecule has 0 atom stereocenters. The second-order valence-electron chi connectivity index (χ2n) is 16.5. The molecule has 0 radical (unpaired) electrons. The zero-order valence-corrected chi connectivity index (χ0v) is 35.8. The van der Waals surface area contributed by atoms with E-state index < -0.39 is 0 Å². The van der Waals surface area contributed by atoms with Crippen LogP contribution < -0.4 is 4.90 Å². The third-order valence-corrected chi connectivity index (χ3v) is 13.9. The summed E-state index contributed by atoms with van der Waals surface area (Å²) in [7, 11) is 0. The van der Waals surface area contributed by atoms with Crippen LogP contribution in [-0.2, 0) is 0 Å². The van der Waals surface area contributed by atoms with Crippen molar-refractivity contribution in [2.75, 3.05) is 4.90 Å². The van der Waals surface area contributed by atoms with Gasteiger partial charge in [0.15, 0.2) is 0 Å². The van der Waals surface area contributed by atoms with Crippen molar-refractivity contribution in [3.63, 3.8) is 0 Å². The van der Waals surface area contributed by atoms with E-state index in [-0.39, 0.29) is 0 Å². The van der Waals surface area contributed by atoms with Crippen LogP contribution in [0.2, 0.25) is 0 Å². The first-order chi connectivity index (χ1) is 31.7. The molecule has 0 spiro atoms. The maximum absolute atomic E-state index is 2.37. The number of rotatable bonds is 8. The Bertz CT molecular complexity index is 3540.